The molecule has 1 amide bonds. The summed E-state index contributed by atoms with van der Waals surface area (Å²) in [5.41, 5.74) is 0.374. The van der Waals surface area contributed by atoms with Crippen molar-refractivity contribution in [3.8, 4) is 0 Å². The van der Waals surface area contributed by atoms with E-state index in [1.54, 1.807) is 0 Å². The molecule has 3 unspecified atom stereocenters. The van der Waals surface area contributed by atoms with Gasteiger partial charge in [0.2, 0.25) is 5.91 Å². The molecule has 2 N–H and O–H groups in total. The predicted molar refractivity (Wildman–Crippen MR) is 69.8 cm³/mol. The number of nitrogens with one attached hydrogen (secondary N) is 2. The van der Waals surface area contributed by atoms with Crippen molar-refractivity contribution in [2.45, 2.75) is 65.0 Å². The Bertz CT molecular complexity index is 282. The minimum atomic E-state index is 0.0651. The molecule has 3 atom stereocenters. The molecule has 2 rings (SSSR count). The van der Waals surface area contributed by atoms with Crippen molar-refractivity contribution >= 4 is 5.91 Å². The number of carbonyl (C=O) groups is 1. The van der Waals surface area contributed by atoms with Crippen molar-refractivity contribution in [2.24, 2.45) is 11.3 Å². The molecule has 17 heavy (non-hydrogen) atoms. The first-order chi connectivity index (χ1) is 7.96. The zero-order valence-corrected chi connectivity index (χ0v) is 11.4. The van der Waals surface area contributed by atoms with Crippen LogP contribution in [0.2, 0.25) is 0 Å². The Labute approximate surface area is 105 Å². The third-order valence-corrected chi connectivity index (χ3v) is 4.11. The Morgan fingerprint density at radius 3 is 2.71 bits per heavy atom. The lowest BCUT2D eigenvalue weighted by molar-refractivity contribution is -0.124. The first-order valence-corrected chi connectivity index (χ1v) is 7.00. The summed E-state index contributed by atoms with van der Waals surface area (Å²) >= 11 is 0. The summed E-state index contributed by atoms with van der Waals surface area (Å²) in [6, 6.07) is 0.444. The van der Waals surface area contributed by atoms with Crippen LogP contribution in [0, 0.1) is 11.3 Å². The van der Waals surface area contributed by atoms with E-state index in [0.717, 1.165) is 38.1 Å². The molecule has 2 aliphatic rings. The topological polar surface area (TPSA) is 41.1 Å². The van der Waals surface area contributed by atoms with Gasteiger partial charge >= 0.3 is 0 Å². The minimum Gasteiger partial charge on any atom is -0.352 e. The van der Waals surface area contributed by atoms with Crippen molar-refractivity contribution in [3.63, 3.8) is 0 Å². The van der Waals surface area contributed by atoms with Crippen LogP contribution in [0.25, 0.3) is 0 Å². The molecule has 0 spiro atoms. The summed E-state index contributed by atoms with van der Waals surface area (Å²) in [6.07, 6.45) is 5.67. The van der Waals surface area contributed by atoms with E-state index in [9.17, 15) is 4.79 Å². The largest absolute Gasteiger partial charge is 0.352 e. The Balaban J connectivity index is 1.87. The average molecular weight is 238 g/mol. The van der Waals surface area contributed by atoms with Crippen molar-refractivity contribution in [1.29, 1.82) is 0 Å². The molecule has 3 heteroatoms. The minimum absolute atomic E-state index is 0.0651. The van der Waals surface area contributed by atoms with Gasteiger partial charge in [-0.05, 0) is 50.0 Å². The molecule has 1 heterocycles. The lowest BCUT2D eigenvalue weighted by atomic mass is 9.70. The summed E-state index contributed by atoms with van der Waals surface area (Å²) in [5, 5.41) is 6.51. The SMILES string of the molecule is CC1CC(NC(=O)C2CCCN2)CC(C)(C)C1. The van der Waals surface area contributed by atoms with Crippen LogP contribution in [0.3, 0.4) is 0 Å². The smallest absolute Gasteiger partial charge is 0.237 e. The number of rotatable bonds is 2. The van der Waals surface area contributed by atoms with E-state index >= 15 is 0 Å². The third kappa shape index (κ3) is 3.44. The van der Waals surface area contributed by atoms with E-state index in [1.165, 1.54) is 6.42 Å². The van der Waals surface area contributed by atoms with Gasteiger partial charge in [-0.15, -0.1) is 0 Å². The van der Waals surface area contributed by atoms with Crippen LogP contribution in [-0.4, -0.2) is 24.5 Å². The first kappa shape index (κ1) is 12.9. The van der Waals surface area contributed by atoms with Gasteiger partial charge in [-0.1, -0.05) is 20.8 Å². The lowest BCUT2D eigenvalue weighted by Gasteiger charge is -2.39. The van der Waals surface area contributed by atoms with E-state index in [1.807, 2.05) is 0 Å². The maximum Gasteiger partial charge on any atom is 0.237 e. The van der Waals surface area contributed by atoms with Crippen LogP contribution in [0.4, 0.5) is 0 Å². The van der Waals surface area contributed by atoms with Crippen molar-refractivity contribution in [1.82, 2.24) is 10.6 Å². The molecule has 1 saturated carbocycles. The highest BCUT2D eigenvalue weighted by Crippen LogP contribution is 2.38. The maximum absolute atomic E-state index is 12.1. The van der Waals surface area contributed by atoms with Crippen LogP contribution in [0.15, 0.2) is 0 Å². The van der Waals surface area contributed by atoms with Gasteiger partial charge in [-0.25, -0.2) is 0 Å². The number of carbonyl (C=O) groups excluding carboxylic acids is 1. The van der Waals surface area contributed by atoms with E-state index in [2.05, 4.69) is 31.4 Å². The van der Waals surface area contributed by atoms with E-state index in [4.69, 9.17) is 0 Å². The molecule has 3 nitrogen and oxygen atoms in total. The maximum atomic E-state index is 12.1. The van der Waals surface area contributed by atoms with Crippen molar-refractivity contribution in [2.75, 3.05) is 6.54 Å². The predicted octanol–water partition coefficient (Wildman–Crippen LogP) is 2.07. The molecule has 2 fully saturated rings. The number of hydrogen-bond acceptors (Lipinski definition) is 2. The molecule has 0 aromatic rings. The van der Waals surface area contributed by atoms with Gasteiger partial charge in [0, 0.05) is 6.04 Å². The van der Waals surface area contributed by atoms with E-state index in [-0.39, 0.29) is 11.9 Å². The zero-order chi connectivity index (χ0) is 12.5. The first-order valence-electron chi connectivity index (χ1n) is 7.00. The molecule has 1 saturated heterocycles. The van der Waals surface area contributed by atoms with Gasteiger partial charge in [-0.2, -0.15) is 0 Å². The van der Waals surface area contributed by atoms with Gasteiger partial charge < -0.3 is 10.6 Å². The Morgan fingerprint density at radius 2 is 2.12 bits per heavy atom. The van der Waals surface area contributed by atoms with Gasteiger partial charge in [-0.3, -0.25) is 4.79 Å². The summed E-state index contributed by atoms with van der Waals surface area (Å²) in [4.78, 5) is 12.1. The lowest BCUT2D eigenvalue weighted by Crippen LogP contribution is -2.48. The van der Waals surface area contributed by atoms with Crippen LogP contribution < -0.4 is 10.6 Å². The highest BCUT2D eigenvalue weighted by atomic mass is 16.2. The molecule has 0 aromatic carbocycles. The fourth-order valence-corrected chi connectivity index (χ4v) is 3.67. The second-order valence-corrected chi connectivity index (χ2v) is 6.77. The molecule has 1 aliphatic heterocycles. The summed E-state index contributed by atoms with van der Waals surface area (Å²) < 4.78 is 0. The number of hydrogen-bond donors (Lipinski definition) is 2. The molecule has 0 bridgehead atoms. The standard InChI is InChI=1S/C14H26N2O/c1-10-7-11(9-14(2,3)8-10)16-13(17)12-5-4-6-15-12/h10-12,15H,4-9H2,1-3H3,(H,16,17). The molecule has 0 radical (unpaired) electrons. The highest BCUT2D eigenvalue weighted by Gasteiger charge is 2.34. The van der Waals surface area contributed by atoms with Crippen LogP contribution in [0.5, 0.6) is 0 Å². The van der Waals surface area contributed by atoms with Crippen molar-refractivity contribution in [3.05, 3.63) is 0 Å². The van der Waals surface area contributed by atoms with Gasteiger partial charge in [0.15, 0.2) is 0 Å². The van der Waals surface area contributed by atoms with Gasteiger partial charge in [0.05, 0.1) is 6.04 Å². The molecular weight excluding hydrogens is 212 g/mol. The fraction of sp³-hybridized carbons (Fsp3) is 0.929. The van der Waals surface area contributed by atoms with E-state index < -0.39 is 0 Å². The number of amides is 1. The second kappa shape index (κ2) is 4.97. The average Bonchev–Trinajstić information content (AvgIpc) is 2.65. The quantitative estimate of drug-likeness (QED) is 0.773. The van der Waals surface area contributed by atoms with Gasteiger partial charge in [0.25, 0.3) is 0 Å². The van der Waals surface area contributed by atoms with E-state index in [0.29, 0.717) is 11.5 Å². The third-order valence-electron chi connectivity index (χ3n) is 4.11. The van der Waals surface area contributed by atoms with Crippen molar-refractivity contribution < 1.29 is 4.79 Å². The molecular formula is C14H26N2O. The van der Waals surface area contributed by atoms with Crippen LogP contribution >= 0.6 is 0 Å². The monoisotopic (exact) mass is 238 g/mol. The summed E-state index contributed by atoms with van der Waals surface area (Å²) in [6.45, 7) is 7.92. The Kier molecular flexibility index (Phi) is 3.76. The van der Waals surface area contributed by atoms with Crippen LogP contribution in [0.1, 0.15) is 52.9 Å². The molecule has 98 valence electrons. The van der Waals surface area contributed by atoms with Gasteiger partial charge in [0.1, 0.15) is 0 Å². The molecule has 0 aromatic heterocycles. The summed E-state index contributed by atoms with van der Waals surface area (Å²) in [7, 11) is 0. The fourth-order valence-electron chi connectivity index (χ4n) is 3.67. The Hall–Kier alpha value is -0.570. The normalized spacial score (nSPS) is 36.8. The zero-order valence-electron chi connectivity index (χ0n) is 11.4. The Morgan fingerprint density at radius 1 is 1.35 bits per heavy atom. The highest BCUT2D eigenvalue weighted by molar-refractivity contribution is 5.82. The summed E-state index contributed by atoms with van der Waals surface area (Å²) in [5.74, 6) is 0.943. The second-order valence-electron chi connectivity index (χ2n) is 6.77. The molecule has 1 aliphatic carbocycles. The van der Waals surface area contributed by atoms with Crippen LogP contribution in [-0.2, 0) is 4.79 Å².